The van der Waals surface area contributed by atoms with Gasteiger partial charge in [0.1, 0.15) is 4.83 Å². The molecule has 4 N–H and O–H groups in total. The lowest BCUT2D eigenvalue weighted by atomic mass is 9.96. The number of nitrogens with one attached hydrogen (secondary N) is 2. The molecular weight excluding hydrogens is 520 g/mol. The molecule has 0 saturated carbocycles. The molecule has 9 heteroatoms. The number of rotatable bonds is 5. The van der Waals surface area contributed by atoms with Gasteiger partial charge in [0.2, 0.25) is 0 Å². The van der Waals surface area contributed by atoms with E-state index in [9.17, 15) is 9.59 Å². The lowest BCUT2D eigenvalue weighted by molar-refractivity contribution is 0.0957. The first kappa shape index (κ1) is 31.0. The number of carbonyl (C=O) groups is 2. The molecule has 4 aromatic rings. The van der Waals surface area contributed by atoms with Crippen LogP contribution < -0.4 is 16.4 Å². The second-order valence-electron chi connectivity index (χ2n) is 11.5. The molecule has 2 amide bonds. The Labute approximate surface area is 241 Å². The Hall–Kier alpha value is -3.56. The van der Waals surface area contributed by atoms with Gasteiger partial charge in [-0.1, -0.05) is 45.9 Å². The van der Waals surface area contributed by atoms with E-state index in [1.807, 2.05) is 50.4 Å². The number of nitrogens with zero attached hydrogens (tertiary/aromatic N) is 3. The maximum atomic E-state index is 11.9. The maximum absolute atomic E-state index is 11.9. The van der Waals surface area contributed by atoms with Gasteiger partial charge in [-0.15, -0.1) is 11.3 Å². The van der Waals surface area contributed by atoms with E-state index in [4.69, 9.17) is 10.7 Å². The summed E-state index contributed by atoms with van der Waals surface area (Å²) in [4.78, 5) is 30.1. The van der Waals surface area contributed by atoms with Crippen LogP contribution in [0.4, 0.5) is 5.69 Å². The number of carbonyl (C=O) groups excluding carboxylic acids is 2. The topological polar surface area (TPSA) is 115 Å². The van der Waals surface area contributed by atoms with Crippen LogP contribution in [0.1, 0.15) is 77.6 Å². The van der Waals surface area contributed by atoms with E-state index in [0.29, 0.717) is 24.2 Å². The number of benzene rings is 1. The second-order valence-corrected chi connectivity index (χ2v) is 12.5. The third-order valence-corrected chi connectivity index (χ3v) is 6.86. The molecule has 3 aromatic heterocycles. The smallest absolute Gasteiger partial charge is 0.276 e. The molecule has 3 heterocycles. The van der Waals surface area contributed by atoms with E-state index < -0.39 is 0 Å². The number of amides is 2. The fourth-order valence-electron chi connectivity index (χ4n) is 3.87. The predicted molar refractivity (Wildman–Crippen MR) is 165 cm³/mol. The maximum Gasteiger partial charge on any atom is 0.276 e. The zero-order chi connectivity index (χ0) is 29.3. The summed E-state index contributed by atoms with van der Waals surface area (Å²) < 4.78 is 1.68. The fraction of sp³-hybridized carbons (Fsp3) is 0.419. The zero-order valence-electron chi connectivity index (χ0n) is 24.5. The first-order valence-electron chi connectivity index (χ1n) is 13.7. The van der Waals surface area contributed by atoms with Crippen LogP contribution in [-0.4, -0.2) is 39.7 Å². The molecule has 0 unspecified atom stereocenters. The Morgan fingerprint density at radius 1 is 1.02 bits per heavy atom. The molecule has 1 aromatic carbocycles. The van der Waals surface area contributed by atoms with Gasteiger partial charge in [-0.2, -0.15) is 5.10 Å². The van der Waals surface area contributed by atoms with Crippen LogP contribution >= 0.6 is 11.3 Å². The highest BCUT2D eigenvalue weighted by molar-refractivity contribution is 7.20. The summed E-state index contributed by atoms with van der Waals surface area (Å²) in [5, 5.41) is 10.8. The Balaban J connectivity index is 0.000000191. The van der Waals surface area contributed by atoms with Gasteiger partial charge in [0.15, 0.2) is 5.69 Å². The SMILES string of the molecule is CC(C)(C)C.Cc1cc(C(=O)Nc2ccccc2)nn1C.NCCNC(=O)c1cc2cc3c(nc2s1)CCCC3. The molecule has 214 valence electrons. The second kappa shape index (κ2) is 14.2. The van der Waals surface area contributed by atoms with Crippen molar-refractivity contribution in [3.05, 3.63) is 76.1 Å². The summed E-state index contributed by atoms with van der Waals surface area (Å²) in [5.74, 6) is -0.235. The first-order chi connectivity index (χ1) is 18.9. The number of fused-ring (bicyclic) bond motifs is 2. The minimum atomic E-state index is -0.185. The van der Waals surface area contributed by atoms with Gasteiger partial charge in [0.25, 0.3) is 11.8 Å². The molecule has 0 radical (unpaired) electrons. The normalized spacial score (nSPS) is 12.4. The summed E-state index contributed by atoms with van der Waals surface area (Å²) in [7, 11) is 1.81. The van der Waals surface area contributed by atoms with Crippen LogP contribution in [0.5, 0.6) is 0 Å². The number of aromatic nitrogens is 3. The third-order valence-electron chi connectivity index (χ3n) is 5.82. The number of pyridine rings is 1. The van der Waals surface area contributed by atoms with Crippen LogP contribution in [0.3, 0.4) is 0 Å². The van der Waals surface area contributed by atoms with E-state index >= 15 is 0 Å². The van der Waals surface area contributed by atoms with Crippen molar-refractivity contribution < 1.29 is 9.59 Å². The molecule has 1 aliphatic carbocycles. The van der Waals surface area contributed by atoms with Crippen molar-refractivity contribution >= 4 is 39.1 Å². The van der Waals surface area contributed by atoms with Gasteiger partial charge in [0.05, 0.1) is 4.88 Å². The molecule has 0 spiro atoms. The van der Waals surface area contributed by atoms with Gasteiger partial charge in [-0.05, 0) is 73.9 Å². The van der Waals surface area contributed by atoms with Crippen LogP contribution in [0, 0.1) is 12.3 Å². The van der Waals surface area contributed by atoms with Crippen LogP contribution in [0.15, 0.2) is 48.5 Å². The van der Waals surface area contributed by atoms with E-state index in [1.165, 1.54) is 35.4 Å². The fourth-order valence-corrected chi connectivity index (χ4v) is 4.82. The van der Waals surface area contributed by atoms with Crippen molar-refractivity contribution in [1.29, 1.82) is 0 Å². The lowest BCUT2D eigenvalue weighted by Crippen LogP contribution is -2.28. The minimum Gasteiger partial charge on any atom is -0.350 e. The van der Waals surface area contributed by atoms with Gasteiger partial charge in [0, 0.05) is 42.6 Å². The number of nitrogens with two attached hydrogens (primary N) is 1. The lowest BCUT2D eigenvalue weighted by Gasteiger charge is -2.13. The minimum absolute atomic E-state index is 0.0496. The van der Waals surface area contributed by atoms with E-state index in [-0.39, 0.29) is 11.8 Å². The molecule has 0 atom stereocenters. The largest absolute Gasteiger partial charge is 0.350 e. The van der Waals surface area contributed by atoms with Crippen LogP contribution in [-0.2, 0) is 19.9 Å². The monoisotopic (exact) mass is 562 g/mol. The van der Waals surface area contributed by atoms with E-state index in [0.717, 1.165) is 39.3 Å². The number of anilines is 1. The van der Waals surface area contributed by atoms with Gasteiger partial charge in [-0.25, -0.2) is 4.98 Å². The first-order valence-corrected chi connectivity index (χ1v) is 14.5. The highest BCUT2D eigenvalue weighted by atomic mass is 32.1. The molecule has 5 rings (SSSR count). The Morgan fingerprint density at radius 3 is 2.33 bits per heavy atom. The predicted octanol–water partition coefficient (Wildman–Crippen LogP) is 5.90. The van der Waals surface area contributed by atoms with Crippen molar-refractivity contribution in [3.8, 4) is 0 Å². The van der Waals surface area contributed by atoms with Crippen molar-refractivity contribution in [1.82, 2.24) is 20.1 Å². The average Bonchev–Trinajstić information content (AvgIpc) is 3.48. The van der Waals surface area contributed by atoms with Gasteiger partial charge < -0.3 is 16.4 Å². The van der Waals surface area contributed by atoms with E-state index in [2.05, 4.69) is 49.5 Å². The number of hydrogen-bond donors (Lipinski definition) is 3. The Bertz CT molecular complexity index is 1350. The molecule has 0 fully saturated rings. The summed E-state index contributed by atoms with van der Waals surface area (Å²) in [5.41, 5.74) is 10.6. The zero-order valence-corrected chi connectivity index (χ0v) is 25.3. The van der Waals surface area contributed by atoms with Crippen molar-refractivity contribution in [3.63, 3.8) is 0 Å². The molecule has 0 saturated heterocycles. The van der Waals surface area contributed by atoms with Crippen molar-refractivity contribution in [2.45, 2.75) is 60.3 Å². The summed E-state index contributed by atoms with van der Waals surface area (Å²) in [6.07, 6.45) is 4.65. The number of thiophene rings is 1. The highest BCUT2D eigenvalue weighted by Gasteiger charge is 2.16. The van der Waals surface area contributed by atoms with E-state index in [1.54, 1.807) is 10.7 Å². The molecule has 1 aliphatic rings. The number of para-hydroxylation sites is 1. The molecule has 0 bridgehead atoms. The summed E-state index contributed by atoms with van der Waals surface area (Å²) >= 11 is 1.46. The average molecular weight is 563 g/mol. The van der Waals surface area contributed by atoms with Gasteiger partial charge >= 0.3 is 0 Å². The molecule has 8 nitrogen and oxygen atoms in total. The molecular formula is C31H42N6O2S. The standard InChI is InChI=1S/C14H17N3OS.C12H13N3O.C5H12/c15-5-6-16-13(18)12-8-10-7-9-3-1-2-4-11(9)17-14(10)19-12;1-9-8-11(14-15(9)2)12(16)13-10-6-4-3-5-7-10;1-5(2,3)4/h7-8H,1-6,15H2,(H,16,18);3-8H,1-2H3,(H,13,16);1-4H3. The molecule has 0 aliphatic heterocycles. The molecule has 40 heavy (non-hydrogen) atoms. The van der Waals surface area contributed by atoms with Gasteiger partial charge in [-0.3, -0.25) is 14.3 Å². The highest BCUT2D eigenvalue weighted by Crippen LogP contribution is 2.29. The number of aryl methyl sites for hydroxylation is 4. The quantitative estimate of drug-likeness (QED) is 0.280. The Morgan fingerprint density at radius 2 is 1.70 bits per heavy atom. The third kappa shape index (κ3) is 9.57. The van der Waals surface area contributed by atoms with Crippen molar-refractivity contribution in [2.75, 3.05) is 18.4 Å². The number of hydrogen-bond acceptors (Lipinski definition) is 6. The summed E-state index contributed by atoms with van der Waals surface area (Å²) in [6, 6.07) is 15.2. The Kier molecular flexibility index (Phi) is 11.0. The summed E-state index contributed by atoms with van der Waals surface area (Å²) in [6.45, 7) is 11.6. The van der Waals surface area contributed by atoms with Crippen LogP contribution in [0.2, 0.25) is 0 Å². The van der Waals surface area contributed by atoms with Crippen molar-refractivity contribution in [2.24, 2.45) is 18.2 Å². The van der Waals surface area contributed by atoms with Crippen LogP contribution in [0.25, 0.3) is 10.2 Å².